The third-order valence-corrected chi connectivity index (χ3v) is 7.63. The average molecular weight is 190 g/mol. The van der Waals surface area contributed by atoms with Crippen LogP contribution in [0.15, 0.2) is 0 Å². The Kier molecular flexibility index (Phi) is 4.13. The Morgan fingerprint density at radius 3 is 1.77 bits per heavy atom. The fraction of sp³-hybridized carbons (Fsp3) is 0.667. The third-order valence-electron chi connectivity index (χ3n) is 2.94. The minimum Gasteiger partial charge on any atom is -0.107 e. The van der Waals surface area contributed by atoms with Crippen molar-refractivity contribution in [2.45, 2.75) is 50.9 Å². The predicted molar refractivity (Wildman–Crippen MR) is 61.1 cm³/mol. The van der Waals surface area contributed by atoms with Crippen LogP contribution < -0.4 is 0 Å². The molecule has 1 saturated heterocycles. The molecule has 1 aliphatic rings. The summed E-state index contributed by atoms with van der Waals surface area (Å²) in [5, 5.41) is 0. The molecule has 0 saturated carbocycles. The van der Waals surface area contributed by atoms with Gasteiger partial charge in [0.05, 0.1) is 8.07 Å². The Bertz CT molecular complexity index is 239. The van der Waals surface area contributed by atoms with Crippen LogP contribution >= 0.6 is 0 Å². The molecule has 0 unspecified atom stereocenters. The number of hydrogen-bond donors (Lipinski definition) is 0. The summed E-state index contributed by atoms with van der Waals surface area (Å²) in [5.41, 5.74) is 0. The van der Waals surface area contributed by atoms with Crippen molar-refractivity contribution < 1.29 is 0 Å². The summed E-state index contributed by atoms with van der Waals surface area (Å²) in [7, 11) is -1.02. The summed E-state index contributed by atoms with van der Waals surface area (Å²) >= 11 is 0. The van der Waals surface area contributed by atoms with Crippen LogP contribution in [-0.2, 0) is 0 Å². The first kappa shape index (κ1) is 10.4. The molecule has 1 fully saturated rings. The molecular formula is C12H18Si. The smallest absolute Gasteiger partial charge is 0.0789 e. The lowest BCUT2D eigenvalue weighted by Crippen LogP contribution is -2.28. The molecule has 0 aromatic rings. The van der Waals surface area contributed by atoms with Crippen molar-refractivity contribution in [1.82, 2.24) is 0 Å². The van der Waals surface area contributed by atoms with Gasteiger partial charge in [-0.15, -0.1) is 23.7 Å². The van der Waals surface area contributed by atoms with Crippen LogP contribution in [0.3, 0.4) is 0 Å². The maximum absolute atomic E-state index is 3.28. The van der Waals surface area contributed by atoms with E-state index in [0.29, 0.717) is 0 Å². The molecule has 0 aliphatic carbocycles. The van der Waals surface area contributed by atoms with Crippen molar-refractivity contribution in [2.75, 3.05) is 0 Å². The monoisotopic (exact) mass is 190 g/mol. The van der Waals surface area contributed by atoms with Gasteiger partial charge in [-0.25, -0.2) is 0 Å². The maximum atomic E-state index is 3.28. The second-order valence-electron chi connectivity index (χ2n) is 3.91. The predicted octanol–water partition coefficient (Wildman–Crippen LogP) is 3.28. The maximum Gasteiger partial charge on any atom is 0.0789 e. The second-order valence-corrected chi connectivity index (χ2v) is 8.62. The van der Waals surface area contributed by atoms with E-state index in [1.54, 1.807) is 0 Å². The minimum atomic E-state index is -1.02. The first-order valence-corrected chi connectivity index (χ1v) is 7.95. The largest absolute Gasteiger partial charge is 0.107 e. The van der Waals surface area contributed by atoms with Crippen LogP contribution in [0.25, 0.3) is 0 Å². The van der Waals surface area contributed by atoms with Crippen LogP contribution in [0.5, 0.6) is 0 Å². The lowest BCUT2D eigenvalue weighted by molar-refractivity contribution is 0.935. The molecule has 0 radical (unpaired) electrons. The molecule has 0 nitrogen and oxygen atoms in total. The molecule has 0 spiro atoms. The molecule has 0 amide bonds. The summed E-state index contributed by atoms with van der Waals surface area (Å²) in [5.74, 6) is 12.6. The van der Waals surface area contributed by atoms with Crippen LogP contribution in [0.2, 0.25) is 24.2 Å². The Morgan fingerprint density at radius 2 is 1.38 bits per heavy atom. The molecule has 0 aromatic carbocycles. The molecule has 0 atom stereocenters. The van der Waals surface area contributed by atoms with Crippen molar-refractivity contribution in [3.05, 3.63) is 0 Å². The second kappa shape index (κ2) is 5.15. The van der Waals surface area contributed by atoms with E-state index in [0.717, 1.165) is 0 Å². The van der Waals surface area contributed by atoms with Crippen molar-refractivity contribution in [3.63, 3.8) is 0 Å². The van der Waals surface area contributed by atoms with E-state index >= 15 is 0 Å². The van der Waals surface area contributed by atoms with Crippen LogP contribution in [0, 0.1) is 23.7 Å². The Balaban J connectivity index is 2.58. The van der Waals surface area contributed by atoms with Crippen molar-refractivity contribution in [3.8, 4) is 23.7 Å². The van der Waals surface area contributed by atoms with E-state index in [4.69, 9.17) is 0 Å². The lowest BCUT2D eigenvalue weighted by atomic mass is 10.4. The van der Waals surface area contributed by atoms with Gasteiger partial charge < -0.3 is 0 Å². The van der Waals surface area contributed by atoms with Crippen molar-refractivity contribution in [1.29, 1.82) is 0 Å². The Labute approximate surface area is 83.1 Å². The molecule has 1 heteroatoms. The third kappa shape index (κ3) is 2.94. The summed E-state index contributed by atoms with van der Waals surface area (Å²) in [6.45, 7) is 3.89. The van der Waals surface area contributed by atoms with Crippen LogP contribution in [0.4, 0.5) is 0 Å². The van der Waals surface area contributed by atoms with Crippen molar-refractivity contribution in [2.24, 2.45) is 0 Å². The quantitative estimate of drug-likeness (QED) is 0.463. The van der Waals surface area contributed by atoms with Crippen LogP contribution in [-0.4, -0.2) is 8.07 Å². The zero-order valence-corrected chi connectivity index (χ0v) is 9.74. The van der Waals surface area contributed by atoms with Gasteiger partial charge in [-0.2, -0.15) is 0 Å². The van der Waals surface area contributed by atoms with Gasteiger partial charge in [0, 0.05) is 12.1 Å². The molecule has 1 heterocycles. The first-order chi connectivity index (χ1) is 6.33. The van der Waals surface area contributed by atoms with Crippen LogP contribution in [0.1, 0.15) is 26.7 Å². The van der Waals surface area contributed by atoms with Gasteiger partial charge in [0.25, 0.3) is 0 Å². The molecule has 0 bridgehead atoms. The number of hydrogen-bond acceptors (Lipinski definition) is 0. The molecule has 1 rings (SSSR count). The highest BCUT2D eigenvalue weighted by Crippen LogP contribution is 2.35. The first-order valence-electron chi connectivity index (χ1n) is 5.12. The fourth-order valence-corrected chi connectivity index (χ4v) is 6.28. The summed E-state index contributed by atoms with van der Waals surface area (Å²) in [4.78, 5) is 0. The highest BCUT2D eigenvalue weighted by molar-refractivity contribution is 6.81. The Hall–Kier alpha value is -0.663. The van der Waals surface area contributed by atoms with E-state index in [2.05, 4.69) is 23.7 Å². The van der Waals surface area contributed by atoms with E-state index in [1.807, 2.05) is 13.8 Å². The minimum absolute atomic E-state index is 1.02. The molecule has 0 aromatic heterocycles. The van der Waals surface area contributed by atoms with E-state index in [-0.39, 0.29) is 0 Å². The number of rotatable bonds is 2. The van der Waals surface area contributed by atoms with Gasteiger partial charge in [-0.05, 0) is 13.8 Å². The van der Waals surface area contributed by atoms with Gasteiger partial charge in [-0.1, -0.05) is 24.9 Å². The average Bonchev–Trinajstić information content (AvgIpc) is 2.61. The normalized spacial score (nSPS) is 18.3. The van der Waals surface area contributed by atoms with Crippen molar-refractivity contribution >= 4 is 8.07 Å². The van der Waals surface area contributed by atoms with E-state index < -0.39 is 8.07 Å². The van der Waals surface area contributed by atoms with Gasteiger partial charge in [-0.3, -0.25) is 0 Å². The summed E-state index contributed by atoms with van der Waals surface area (Å²) < 4.78 is 0. The lowest BCUT2D eigenvalue weighted by Gasteiger charge is -2.20. The van der Waals surface area contributed by atoms with E-state index in [9.17, 15) is 0 Å². The SMILES string of the molecule is CC#CC[Si]1(CC#CC)CCCC1. The molecule has 13 heavy (non-hydrogen) atoms. The molecular weight excluding hydrogens is 172 g/mol. The summed E-state index contributed by atoms with van der Waals surface area (Å²) in [6, 6.07) is 5.32. The summed E-state index contributed by atoms with van der Waals surface area (Å²) in [6.07, 6.45) is 2.87. The molecule has 1 aliphatic heterocycles. The van der Waals surface area contributed by atoms with Gasteiger partial charge in [0.15, 0.2) is 0 Å². The highest BCUT2D eigenvalue weighted by Gasteiger charge is 2.34. The van der Waals surface area contributed by atoms with Gasteiger partial charge >= 0.3 is 0 Å². The van der Waals surface area contributed by atoms with Gasteiger partial charge in [0.1, 0.15) is 0 Å². The Morgan fingerprint density at radius 1 is 0.923 bits per heavy atom. The standard InChI is InChI=1S/C12H18Si/c1-3-5-9-13(10-6-4-2)11-7-8-12-13/h7-12H2,1-2H3. The zero-order valence-electron chi connectivity index (χ0n) is 8.74. The highest BCUT2D eigenvalue weighted by atomic mass is 28.3. The molecule has 0 N–H and O–H groups in total. The fourth-order valence-electron chi connectivity index (χ4n) is 2.09. The zero-order chi connectivity index (χ0) is 9.57. The van der Waals surface area contributed by atoms with Gasteiger partial charge in [0.2, 0.25) is 0 Å². The van der Waals surface area contributed by atoms with E-state index in [1.165, 1.54) is 37.0 Å². The molecule has 70 valence electrons. The topological polar surface area (TPSA) is 0 Å².